The molecule has 1 aliphatic heterocycles. The number of aromatic nitrogens is 1. The highest BCUT2D eigenvalue weighted by molar-refractivity contribution is 6.52. The molecule has 0 spiro atoms. The zero-order chi connectivity index (χ0) is 23.7. The van der Waals surface area contributed by atoms with Crippen LogP contribution in [-0.4, -0.2) is 28.4 Å². The maximum absolute atomic E-state index is 13.4. The average molecular weight is 450 g/mol. The third-order valence-electron chi connectivity index (χ3n) is 5.93. The second-order valence-corrected chi connectivity index (χ2v) is 7.91. The number of Topliss-reactive ketones (excluding diaryl/α,β-unsaturated/α-hetero) is 1. The van der Waals surface area contributed by atoms with E-state index in [2.05, 4.69) is 4.98 Å². The fourth-order valence-electron chi connectivity index (χ4n) is 4.39. The summed E-state index contributed by atoms with van der Waals surface area (Å²) in [6.07, 6.45) is 3.21. The van der Waals surface area contributed by atoms with Crippen LogP contribution in [0.2, 0.25) is 0 Å². The van der Waals surface area contributed by atoms with Crippen molar-refractivity contribution in [2.75, 3.05) is 11.5 Å². The van der Waals surface area contributed by atoms with Crippen molar-refractivity contribution in [1.82, 2.24) is 4.98 Å². The Morgan fingerprint density at radius 3 is 2.38 bits per heavy atom. The van der Waals surface area contributed by atoms with E-state index in [-0.39, 0.29) is 11.3 Å². The number of carbonyl (C=O) groups is 2. The van der Waals surface area contributed by atoms with E-state index >= 15 is 0 Å². The molecule has 5 rings (SSSR count). The van der Waals surface area contributed by atoms with Crippen molar-refractivity contribution in [1.29, 1.82) is 0 Å². The fraction of sp³-hybridized carbons (Fsp3) is 0.107. The number of fused-ring (bicyclic) bond motifs is 1. The van der Waals surface area contributed by atoms with Gasteiger partial charge in [-0.2, -0.15) is 0 Å². The number of anilines is 1. The molecule has 1 fully saturated rings. The van der Waals surface area contributed by atoms with Crippen molar-refractivity contribution >= 4 is 33.9 Å². The Hall–Kier alpha value is -4.45. The molecule has 1 amide bonds. The molecule has 3 aromatic carbocycles. The molecule has 6 nitrogen and oxygen atoms in total. The van der Waals surface area contributed by atoms with Gasteiger partial charge in [0.25, 0.3) is 11.7 Å². The van der Waals surface area contributed by atoms with Crippen LogP contribution in [0.4, 0.5) is 5.69 Å². The summed E-state index contributed by atoms with van der Waals surface area (Å²) in [5, 5.41) is 13.0. The maximum Gasteiger partial charge on any atom is 0.300 e. The molecule has 1 unspecified atom stereocenters. The molecule has 1 atom stereocenters. The largest absolute Gasteiger partial charge is 0.507 e. The van der Waals surface area contributed by atoms with Crippen LogP contribution in [0.1, 0.15) is 24.1 Å². The van der Waals surface area contributed by atoms with Gasteiger partial charge in [0.1, 0.15) is 11.5 Å². The number of aliphatic hydroxyl groups is 1. The molecular formula is C28H22N2O4. The van der Waals surface area contributed by atoms with Gasteiger partial charge in [-0.05, 0) is 60.3 Å². The number of ketones is 1. The van der Waals surface area contributed by atoms with Crippen molar-refractivity contribution < 1.29 is 19.4 Å². The second kappa shape index (κ2) is 8.83. The van der Waals surface area contributed by atoms with Crippen molar-refractivity contribution in [3.63, 3.8) is 0 Å². The Morgan fingerprint density at radius 1 is 0.941 bits per heavy atom. The normalized spacial score (nSPS) is 17.3. The first-order valence-electron chi connectivity index (χ1n) is 11.0. The van der Waals surface area contributed by atoms with Gasteiger partial charge in [0.2, 0.25) is 0 Å². The van der Waals surface area contributed by atoms with Crippen LogP contribution in [0.3, 0.4) is 0 Å². The quantitative estimate of drug-likeness (QED) is 0.255. The smallest absolute Gasteiger partial charge is 0.300 e. The third kappa shape index (κ3) is 3.59. The van der Waals surface area contributed by atoms with E-state index in [1.165, 1.54) is 4.90 Å². The van der Waals surface area contributed by atoms with Crippen molar-refractivity contribution in [3.05, 3.63) is 108 Å². The first kappa shape index (κ1) is 21.4. The molecule has 1 aliphatic rings. The van der Waals surface area contributed by atoms with E-state index in [4.69, 9.17) is 4.74 Å². The standard InChI is InChI=1S/C28H22N2O4/c1-2-34-21-12-10-20(11-13-21)26(31)24-25(19-14-16-29-17-15-19)30(28(33)27(24)32)23-9-5-7-18-6-3-4-8-22(18)23/h3-17,25,31H,2H2,1H3/b26-24+. The number of ether oxygens (including phenoxy) is 1. The molecular weight excluding hydrogens is 428 g/mol. The topological polar surface area (TPSA) is 79.7 Å². The number of hydrogen-bond donors (Lipinski definition) is 1. The predicted octanol–water partition coefficient (Wildman–Crippen LogP) is 5.26. The number of amides is 1. The summed E-state index contributed by atoms with van der Waals surface area (Å²) in [5.74, 6) is -1.00. The Kier molecular flexibility index (Phi) is 5.55. The summed E-state index contributed by atoms with van der Waals surface area (Å²) in [6.45, 7) is 2.40. The molecule has 168 valence electrons. The van der Waals surface area contributed by atoms with Crippen LogP contribution < -0.4 is 9.64 Å². The summed E-state index contributed by atoms with van der Waals surface area (Å²) in [6, 6.07) is 22.8. The van der Waals surface area contributed by atoms with Gasteiger partial charge in [-0.25, -0.2) is 0 Å². The minimum atomic E-state index is -0.805. The van der Waals surface area contributed by atoms with Crippen molar-refractivity contribution in [2.45, 2.75) is 13.0 Å². The van der Waals surface area contributed by atoms with Gasteiger partial charge in [-0.15, -0.1) is 0 Å². The lowest BCUT2D eigenvalue weighted by molar-refractivity contribution is -0.132. The zero-order valence-corrected chi connectivity index (χ0v) is 18.5. The number of aliphatic hydroxyl groups excluding tert-OH is 1. The van der Waals surface area contributed by atoms with Crippen LogP contribution in [0.25, 0.3) is 16.5 Å². The number of rotatable bonds is 5. The highest BCUT2D eigenvalue weighted by Gasteiger charge is 2.47. The van der Waals surface area contributed by atoms with Gasteiger partial charge in [0.15, 0.2) is 0 Å². The van der Waals surface area contributed by atoms with E-state index in [1.54, 1.807) is 48.8 Å². The van der Waals surface area contributed by atoms with Crippen molar-refractivity contribution in [2.24, 2.45) is 0 Å². The molecule has 0 bridgehead atoms. The van der Waals surface area contributed by atoms with Gasteiger partial charge in [-0.3, -0.25) is 19.5 Å². The molecule has 2 heterocycles. The first-order valence-corrected chi connectivity index (χ1v) is 11.0. The summed E-state index contributed by atoms with van der Waals surface area (Å²) < 4.78 is 5.48. The average Bonchev–Trinajstić information content (AvgIpc) is 3.14. The molecule has 1 aromatic heterocycles. The Morgan fingerprint density at radius 2 is 1.65 bits per heavy atom. The molecule has 1 N–H and O–H groups in total. The van der Waals surface area contributed by atoms with E-state index in [9.17, 15) is 14.7 Å². The molecule has 0 aliphatic carbocycles. The van der Waals surface area contributed by atoms with E-state index < -0.39 is 17.7 Å². The Labute approximate surface area is 196 Å². The van der Waals surface area contributed by atoms with Crippen LogP contribution in [0.15, 0.2) is 96.8 Å². The molecule has 4 aromatic rings. The van der Waals surface area contributed by atoms with E-state index in [0.717, 1.165) is 10.8 Å². The molecule has 1 saturated heterocycles. The van der Waals surface area contributed by atoms with Crippen molar-refractivity contribution in [3.8, 4) is 5.75 Å². The predicted molar refractivity (Wildman–Crippen MR) is 131 cm³/mol. The van der Waals surface area contributed by atoms with Gasteiger partial charge < -0.3 is 9.84 Å². The van der Waals surface area contributed by atoms with Gasteiger partial charge in [0.05, 0.1) is 23.9 Å². The maximum atomic E-state index is 13.4. The number of hydrogen-bond acceptors (Lipinski definition) is 5. The summed E-state index contributed by atoms with van der Waals surface area (Å²) in [7, 11) is 0. The summed E-state index contributed by atoms with van der Waals surface area (Å²) in [5.41, 5.74) is 1.74. The summed E-state index contributed by atoms with van der Waals surface area (Å²) >= 11 is 0. The first-order chi connectivity index (χ1) is 16.6. The minimum absolute atomic E-state index is 0.0355. The highest BCUT2D eigenvalue weighted by atomic mass is 16.5. The van der Waals surface area contributed by atoms with Gasteiger partial charge in [-0.1, -0.05) is 36.4 Å². The van der Waals surface area contributed by atoms with Crippen LogP contribution >= 0.6 is 0 Å². The fourth-order valence-corrected chi connectivity index (χ4v) is 4.39. The third-order valence-corrected chi connectivity index (χ3v) is 5.93. The van der Waals surface area contributed by atoms with Crippen LogP contribution in [0, 0.1) is 0 Å². The monoisotopic (exact) mass is 450 g/mol. The lowest BCUT2D eigenvalue weighted by Gasteiger charge is -2.26. The molecule has 6 heteroatoms. The lowest BCUT2D eigenvalue weighted by atomic mass is 9.95. The zero-order valence-electron chi connectivity index (χ0n) is 18.5. The minimum Gasteiger partial charge on any atom is -0.507 e. The number of carbonyl (C=O) groups excluding carboxylic acids is 2. The number of benzene rings is 3. The Bertz CT molecular complexity index is 1410. The lowest BCUT2D eigenvalue weighted by Crippen LogP contribution is -2.29. The number of nitrogens with zero attached hydrogens (tertiary/aromatic N) is 2. The van der Waals surface area contributed by atoms with Crippen LogP contribution in [0.5, 0.6) is 5.75 Å². The highest BCUT2D eigenvalue weighted by Crippen LogP contribution is 2.44. The van der Waals surface area contributed by atoms with Gasteiger partial charge >= 0.3 is 0 Å². The van der Waals surface area contributed by atoms with Crippen LogP contribution in [-0.2, 0) is 9.59 Å². The summed E-state index contributed by atoms with van der Waals surface area (Å²) in [4.78, 5) is 32.3. The molecule has 34 heavy (non-hydrogen) atoms. The van der Waals surface area contributed by atoms with E-state index in [1.807, 2.05) is 49.4 Å². The Balaban J connectivity index is 1.71. The molecule has 0 radical (unpaired) electrons. The molecule has 0 saturated carbocycles. The number of pyridine rings is 1. The second-order valence-electron chi connectivity index (χ2n) is 7.91. The SMILES string of the molecule is CCOc1ccc(/C(O)=C2\C(=O)C(=O)N(c3cccc4ccccc34)C2c2ccncc2)cc1. The van der Waals surface area contributed by atoms with E-state index in [0.29, 0.717) is 29.2 Å². The van der Waals surface area contributed by atoms with Gasteiger partial charge in [0, 0.05) is 23.3 Å².